The van der Waals surface area contributed by atoms with E-state index in [0.29, 0.717) is 44.6 Å². The van der Waals surface area contributed by atoms with E-state index in [0.717, 1.165) is 11.3 Å². The zero-order valence-electron chi connectivity index (χ0n) is 21.1. The summed E-state index contributed by atoms with van der Waals surface area (Å²) in [6.45, 7) is 0.0340. The Balaban J connectivity index is 1.47. The van der Waals surface area contributed by atoms with Gasteiger partial charge in [0.25, 0.3) is 11.5 Å². The van der Waals surface area contributed by atoms with Crippen LogP contribution in [-0.4, -0.2) is 41.8 Å². The van der Waals surface area contributed by atoms with Crippen LogP contribution in [0.25, 0.3) is 21.9 Å². The lowest BCUT2D eigenvalue weighted by molar-refractivity contribution is -0.113. The van der Waals surface area contributed by atoms with Crippen LogP contribution in [0.15, 0.2) is 65.5 Å². The highest BCUT2D eigenvalue weighted by Gasteiger charge is 2.34. The molecule has 0 bridgehead atoms. The first-order valence-corrected chi connectivity index (χ1v) is 12.7. The number of hydrogen-bond acceptors (Lipinski definition) is 8. The SMILES string of the molecule is COc1cc(-c2nc3s/c(=C4\C(=O)N(Cc5ccccc5F)c5ccccc54)c(=O)n3n2)cc(OC)c1OC. The lowest BCUT2D eigenvalue weighted by Gasteiger charge is -2.17. The number of anilines is 1. The molecule has 2 aromatic heterocycles. The van der Waals surface area contributed by atoms with E-state index >= 15 is 0 Å². The van der Waals surface area contributed by atoms with Gasteiger partial charge in [-0.25, -0.2) is 4.39 Å². The number of hydrogen-bond donors (Lipinski definition) is 0. The number of para-hydroxylation sites is 1. The van der Waals surface area contributed by atoms with E-state index in [-0.39, 0.29) is 28.4 Å². The van der Waals surface area contributed by atoms with Crippen molar-refractivity contribution in [1.82, 2.24) is 14.6 Å². The summed E-state index contributed by atoms with van der Waals surface area (Å²) < 4.78 is 32.0. The first-order valence-electron chi connectivity index (χ1n) is 11.8. The molecule has 0 aliphatic carbocycles. The molecule has 0 N–H and O–H groups in total. The minimum absolute atomic E-state index is 0.0340. The number of carbonyl (C=O) groups excluding carboxylic acids is 1. The number of rotatable bonds is 6. The first kappa shape index (κ1) is 24.6. The molecule has 9 nitrogen and oxygen atoms in total. The van der Waals surface area contributed by atoms with Gasteiger partial charge in [-0.15, -0.1) is 5.10 Å². The van der Waals surface area contributed by atoms with E-state index in [1.54, 1.807) is 54.6 Å². The molecule has 1 aliphatic rings. The lowest BCUT2D eigenvalue weighted by Crippen LogP contribution is -2.32. The largest absolute Gasteiger partial charge is 0.493 e. The van der Waals surface area contributed by atoms with Crippen molar-refractivity contribution >= 4 is 33.5 Å². The summed E-state index contributed by atoms with van der Waals surface area (Å²) in [6, 6.07) is 16.8. The lowest BCUT2D eigenvalue weighted by atomic mass is 10.1. The van der Waals surface area contributed by atoms with Crippen LogP contribution in [0.1, 0.15) is 11.1 Å². The van der Waals surface area contributed by atoms with E-state index in [4.69, 9.17) is 14.2 Å². The van der Waals surface area contributed by atoms with Crippen molar-refractivity contribution in [3.63, 3.8) is 0 Å². The Morgan fingerprint density at radius 2 is 1.62 bits per heavy atom. The number of fused-ring (bicyclic) bond motifs is 2. The van der Waals surface area contributed by atoms with Gasteiger partial charge >= 0.3 is 0 Å². The molecule has 0 atom stereocenters. The Morgan fingerprint density at radius 3 is 2.28 bits per heavy atom. The van der Waals surface area contributed by atoms with Crippen molar-refractivity contribution in [2.75, 3.05) is 26.2 Å². The Bertz CT molecular complexity index is 1860. The third kappa shape index (κ3) is 3.89. The molecule has 0 radical (unpaired) electrons. The summed E-state index contributed by atoms with van der Waals surface area (Å²) in [5, 5.41) is 4.42. The highest BCUT2D eigenvalue weighted by Crippen LogP contribution is 2.41. The Hall–Kier alpha value is -4.77. The van der Waals surface area contributed by atoms with E-state index in [9.17, 15) is 14.0 Å². The van der Waals surface area contributed by atoms with Crippen LogP contribution in [0.3, 0.4) is 0 Å². The number of nitrogens with zero attached hydrogens (tertiary/aromatic N) is 4. The van der Waals surface area contributed by atoms with E-state index in [1.807, 2.05) is 0 Å². The number of thiazole rings is 1. The van der Waals surface area contributed by atoms with Gasteiger partial charge in [-0.2, -0.15) is 9.50 Å². The number of aromatic nitrogens is 3. The number of carbonyl (C=O) groups is 1. The third-order valence-corrected chi connectivity index (χ3v) is 7.55. The maximum absolute atomic E-state index is 14.4. The zero-order chi connectivity index (χ0) is 27.3. The predicted octanol–water partition coefficient (Wildman–Crippen LogP) is 3.45. The van der Waals surface area contributed by atoms with Crippen molar-refractivity contribution in [2.24, 2.45) is 0 Å². The molecule has 3 aromatic carbocycles. The molecule has 0 spiro atoms. The zero-order valence-corrected chi connectivity index (χ0v) is 21.9. The monoisotopic (exact) mass is 544 g/mol. The van der Waals surface area contributed by atoms with E-state index in [2.05, 4.69) is 10.1 Å². The second kappa shape index (κ2) is 9.52. The molecule has 3 heterocycles. The third-order valence-electron chi connectivity index (χ3n) is 6.52. The van der Waals surface area contributed by atoms with Gasteiger partial charge in [-0.05, 0) is 24.3 Å². The number of methoxy groups -OCH3 is 3. The van der Waals surface area contributed by atoms with Gasteiger partial charge < -0.3 is 19.1 Å². The standard InChI is InChI=1S/C28H21FN4O5S/c1-36-20-12-16(13-21(37-2)23(20)38-3)25-30-28-33(31-25)27(35)24(39-28)22-17-9-5-7-11-19(17)32(26(22)34)14-15-8-4-6-10-18(15)29/h4-13H,14H2,1-3H3/b24-22-. The molecule has 1 aliphatic heterocycles. The quantitative estimate of drug-likeness (QED) is 0.323. The van der Waals surface area contributed by atoms with Gasteiger partial charge in [-0.3, -0.25) is 9.59 Å². The molecule has 5 aromatic rings. The van der Waals surface area contributed by atoms with Crippen LogP contribution in [-0.2, 0) is 11.3 Å². The molecule has 196 valence electrons. The summed E-state index contributed by atoms with van der Waals surface area (Å²) in [4.78, 5) is 33.6. The first-order chi connectivity index (χ1) is 18.9. The molecule has 6 rings (SSSR count). The van der Waals surface area contributed by atoms with Gasteiger partial charge in [0.15, 0.2) is 17.3 Å². The highest BCUT2D eigenvalue weighted by molar-refractivity contribution is 7.15. The summed E-state index contributed by atoms with van der Waals surface area (Å²) in [5.41, 5.74) is 1.93. The number of halogens is 1. The molecular formula is C28H21FN4O5S. The smallest absolute Gasteiger partial charge is 0.291 e. The topological polar surface area (TPSA) is 95.3 Å². The van der Waals surface area contributed by atoms with Crippen LogP contribution in [0, 0.1) is 5.82 Å². The van der Waals surface area contributed by atoms with Gasteiger partial charge in [0.1, 0.15) is 10.3 Å². The molecular weight excluding hydrogens is 523 g/mol. The van der Waals surface area contributed by atoms with Crippen molar-refractivity contribution in [2.45, 2.75) is 6.54 Å². The Kier molecular flexibility index (Phi) is 5.99. The Labute approximate surface area is 225 Å². The number of ether oxygens (including phenoxy) is 3. The summed E-state index contributed by atoms with van der Waals surface area (Å²) in [7, 11) is 4.52. The second-order valence-electron chi connectivity index (χ2n) is 8.65. The fourth-order valence-electron chi connectivity index (χ4n) is 4.67. The van der Waals surface area contributed by atoms with Crippen LogP contribution in [0.2, 0.25) is 0 Å². The minimum atomic E-state index is -0.466. The summed E-state index contributed by atoms with van der Waals surface area (Å²) in [5.74, 6) is 0.767. The van der Waals surface area contributed by atoms with Crippen molar-refractivity contribution in [3.8, 4) is 28.6 Å². The fourth-order valence-corrected chi connectivity index (χ4v) is 5.67. The number of benzene rings is 3. The van der Waals surface area contributed by atoms with Gasteiger partial charge in [0.05, 0.1) is 39.1 Å². The van der Waals surface area contributed by atoms with E-state index in [1.165, 1.54) is 36.8 Å². The summed E-state index contributed by atoms with van der Waals surface area (Å²) in [6.07, 6.45) is 0. The Morgan fingerprint density at radius 1 is 0.923 bits per heavy atom. The maximum Gasteiger partial charge on any atom is 0.291 e. The molecule has 11 heteroatoms. The minimum Gasteiger partial charge on any atom is -0.493 e. The molecule has 0 saturated heterocycles. The van der Waals surface area contributed by atoms with Crippen molar-refractivity contribution < 1.29 is 23.4 Å². The molecule has 39 heavy (non-hydrogen) atoms. The highest BCUT2D eigenvalue weighted by atomic mass is 32.1. The van der Waals surface area contributed by atoms with Crippen LogP contribution in [0.5, 0.6) is 17.2 Å². The van der Waals surface area contributed by atoms with Crippen molar-refractivity contribution in [1.29, 1.82) is 0 Å². The molecule has 0 saturated carbocycles. The molecule has 0 fully saturated rings. The average Bonchev–Trinajstić information content (AvgIpc) is 3.59. The normalized spacial score (nSPS) is 14.2. The van der Waals surface area contributed by atoms with Crippen molar-refractivity contribution in [3.05, 3.63) is 92.5 Å². The van der Waals surface area contributed by atoms with Gasteiger partial charge in [-0.1, -0.05) is 47.7 Å². The predicted molar refractivity (Wildman–Crippen MR) is 144 cm³/mol. The average molecular weight is 545 g/mol. The van der Waals surface area contributed by atoms with Crippen LogP contribution >= 0.6 is 11.3 Å². The molecule has 0 unspecified atom stereocenters. The second-order valence-corrected chi connectivity index (χ2v) is 9.63. The van der Waals surface area contributed by atoms with E-state index < -0.39 is 11.4 Å². The van der Waals surface area contributed by atoms with Gasteiger partial charge in [0, 0.05) is 16.7 Å². The summed E-state index contributed by atoms with van der Waals surface area (Å²) >= 11 is 1.07. The number of amides is 1. The van der Waals surface area contributed by atoms with Gasteiger partial charge in [0.2, 0.25) is 10.7 Å². The fraction of sp³-hybridized carbons (Fsp3) is 0.143. The molecule has 1 amide bonds. The maximum atomic E-state index is 14.4. The van der Waals surface area contributed by atoms with Crippen LogP contribution in [0.4, 0.5) is 10.1 Å². The van der Waals surface area contributed by atoms with Crippen LogP contribution < -0.4 is 29.2 Å².